The lowest BCUT2D eigenvalue weighted by Gasteiger charge is -2.08. The number of thiazole rings is 1. The van der Waals surface area contributed by atoms with E-state index in [2.05, 4.69) is 9.71 Å². The van der Waals surface area contributed by atoms with Crippen LogP contribution in [0.1, 0.15) is 22.9 Å². The first-order valence-electron chi connectivity index (χ1n) is 5.97. The molecule has 1 aromatic carbocycles. The van der Waals surface area contributed by atoms with Gasteiger partial charge in [0, 0.05) is 15.5 Å². The van der Waals surface area contributed by atoms with Crippen LogP contribution in [0.2, 0.25) is 5.02 Å². The number of hydrogen-bond acceptors (Lipinski definition) is 4. The Morgan fingerprint density at radius 2 is 1.90 bits per heavy atom. The van der Waals surface area contributed by atoms with Crippen molar-refractivity contribution in [2.45, 2.75) is 19.9 Å². The maximum atomic E-state index is 11.3. The van der Waals surface area contributed by atoms with Gasteiger partial charge in [-0.05, 0) is 26.0 Å². The molecule has 20 heavy (non-hydrogen) atoms. The van der Waals surface area contributed by atoms with Crippen molar-refractivity contribution in [2.75, 3.05) is 6.26 Å². The van der Waals surface area contributed by atoms with E-state index < -0.39 is 10.0 Å². The molecule has 0 radical (unpaired) electrons. The summed E-state index contributed by atoms with van der Waals surface area (Å²) < 4.78 is 25.1. The molecule has 1 N–H and O–H groups in total. The summed E-state index contributed by atoms with van der Waals surface area (Å²) in [7, 11) is -3.25. The maximum Gasteiger partial charge on any atom is 0.209 e. The van der Waals surface area contributed by atoms with Crippen molar-refractivity contribution in [2.24, 2.45) is 0 Å². The third kappa shape index (κ3) is 3.79. The summed E-state index contributed by atoms with van der Waals surface area (Å²) >= 11 is 7.36. The quantitative estimate of drug-likeness (QED) is 0.934. The molecule has 0 aliphatic heterocycles. The Bertz CT molecular complexity index is 708. The third-order valence-electron chi connectivity index (χ3n) is 2.69. The van der Waals surface area contributed by atoms with Gasteiger partial charge in [-0.25, -0.2) is 18.1 Å². The zero-order valence-electron chi connectivity index (χ0n) is 11.3. The van der Waals surface area contributed by atoms with Gasteiger partial charge in [-0.15, -0.1) is 11.3 Å². The molecular formula is C13H15ClN2O2S2. The summed E-state index contributed by atoms with van der Waals surface area (Å²) in [6.45, 7) is 3.75. The predicted molar refractivity (Wildman–Crippen MR) is 83.7 cm³/mol. The fourth-order valence-electron chi connectivity index (χ4n) is 1.85. The Labute approximate surface area is 127 Å². The number of aromatic nitrogens is 1. The molecule has 1 unspecified atom stereocenters. The van der Waals surface area contributed by atoms with Gasteiger partial charge in [0.2, 0.25) is 10.0 Å². The van der Waals surface area contributed by atoms with Gasteiger partial charge in [0.25, 0.3) is 0 Å². The lowest BCUT2D eigenvalue weighted by atomic mass is 10.1. The van der Waals surface area contributed by atoms with Gasteiger partial charge in [-0.2, -0.15) is 0 Å². The minimum absolute atomic E-state index is 0.338. The van der Waals surface area contributed by atoms with Crippen LogP contribution in [0.15, 0.2) is 24.3 Å². The van der Waals surface area contributed by atoms with Crippen LogP contribution in [0.3, 0.4) is 0 Å². The van der Waals surface area contributed by atoms with E-state index in [1.807, 2.05) is 31.2 Å². The Kier molecular flexibility index (Phi) is 4.49. The Balaban J connectivity index is 2.32. The van der Waals surface area contributed by atoms with Gasteiger partial charge in [-0.3, -0.25) is 0 Å². The number of nitrogens with one attached hydrogen (secondary N) is 1. The summed E-state index contributed by atoms with van der Waals surface area (Å²) in [5, 5.41) is 1.42. The zero-order chi connectivity index (χ0) is 14.9. The molecule has 0 bridgehead atoms. The van der Waals surface area contributed by atoms with Gasteiger partial charge < -0.3 is 0 Å². The molecule has 0 spiro atoms. The largest absolute Gasteiger partial charge is 0.239 e. The van der Waals surface area contributed by atoms with Gasteiger partial charge in [0.1, 0.15) is 5.01 Å². The molecule has 4 nitrogen and oxygen atoms in total. The summed E-state index contributed by atoms with van der Waals surface area (Å²) in [5.74, 6) is 0. The molecule has 2 aromatic rings. The van der Waals surface area contributed by atoms with Crippen molar-refractivity contribution in [3.05, 3.63) is 39.2 Å². The van der Waals surface area contributed by atoms with Crippen molar-refractivity contribution < 1.29 is 8.42 Å². The second kappa shape index (κ2) is 5.81. The lowest BCUT2D eigenvalue weighted by Crippen LogP contribution is -2.25. The van der Waals surface area contributed by atoms with E-state index >= 15 is 0 Å². The van der Waals surface area contributed by atoms with Crippen molar-refractivity contribution in [3.8, 4) is 11.3 Å². The van der Waals surface area contributed by atoms with Gasteiger partial charge in [0.05, 0.1) is 18.0 Å². The summed E-state index contributed by atoms with van der Waals surface area (Å²) in [5.41, 5.74) is 1.84. The van der Waals surface area contributed by atoms with E-state index in [1.165, 1.54) is 11.3 Å². The molecule has 1 aromatic heterocycles. The molecular weight excluding hydrogens is 316 g/mol. The van der Waals surface area contributed by atoms with E-state index in [-0.39, 0.29) is 6.04 Å². The lowest BCUT2D eigenvalue weighted by molar-refractivity contribution is 0.572. The summed E-state index contributed by atoms with van der Waals surface area (Å²) in [6, 6.07) is 7.10. The van der Waals surface area contributed by atoms with Crippen LogP contribution in [0, 0.1) is 6.92 Å². The molecule has 0 amide bonds. The highest BCUT2D eigenvalue weighted by atomic mass is 35.5. The smallest absolute Gasteiger partial charge is 0.209 e. The van der Waals surface area contributed by atoms with Gasteiger partial charge in [0.15, 0.2) is 0 Å². The average Bonchev–Trinajstić information content (AvgIpc) is 2.70. The zero-order valence-corrected chi connectivity index (χ0v) is 13.7. The van der Waals surface area contributed by atoms with Crippen LogP contribution in [0.4, 0.5) is 0 Å². The van der Waals surface area contributed by atoms with Crippen molar-refractivity contribution in [3.63, 3.8) is 0 Å². The van der Waals surface area contributed by atoms with Crippen LogP contribution in [-0.4, -0.2) is 19.7 Å². The highest BCUT2D eigenvalue weighted by molar-refractivity contribution is 7.88. The standard InChI is InChI=1S/C13H15ClN2O2S2/c1-8(16-20(3,17)18)13-15-12(9(2)19-13)10-4-6-11(14)7-5-10/h4-8,16H,1-3H3. The van der Waals surface area contributed by atoms with Crippen LogP contribution >= 0.6 is 22.9 Å². The first-order chi connectivity index (χ1) is 9.26. The number of sulfonamides is 1. The topological polar surface area (TPSA) is 59.1 Å². The number of rotatable bonds is 4. The maximum absolute atomic E-state index is 11.3. The van der Waals surface area contributed by atoms with Crippen LogP contribution < -0.4 is 4.72 Å². The molecule has 1 atom stereocenters. The highest BCUT2D eigenvalue weighted by Crippen LogP contribution is 2.31. The van der Waals surface area contributed by atoms with E-state index in [0.717, 1.165) is 27.4 Å². The minimum atomic E-state index is -3.25. The second-order valence-corrected chi connectivity index (χ2v) is 8.03. The number of nitrogens with zero attached hydrogens (tertiary/aromatic N) is 1. The average molecular weight is 331 g/mol. The monoisotopic (exact) mass is 330 g/mol. The van der Waals surface area contributed by atoms with Crippen molar-refractivity contribution in [1.82, 2.24) is 9.71 Å². The third-order valence-corrected chi connectivity index (χ3v) is 4.88. The van der Waals surface area contributed by atoms with Crippen LogP contribution in [0.25, 0.3) is 11.3 Å². The first kappa shape index (κ1) is 15.4. The molecule has 7 heteroatoms. The number of halogens is 1. The molecule has 0 aliphatic rings. The van der Waals surface area contributed by atoms with Crippen LogP contribution in [-0.2, 0) is 10.0 Å². The SMILES string of the molecule is Cc1sc(C(C)NS(C)(=O)=O)nc1-c1ccc(Cl)cc1. The fraction of sp³-hybridized carbons (Fsp3) is 0.308. The Morgan fingerprint density at radius 3 is 2.45 bits per heavy atom. The normalized spacial score (nSPS) is 13.4. The second-order valence-electron chi connectivity index (χ2n) is 4.58. The molecule has 1 heterocycles. The van der Waals surface area contributed by atoms with E-state index in [1.54, 1.807) is 6.92 Å². The highest BCUT2D eigenvalue weighted by Gasteiger charge is 2.17. The van der Waals surface area contributed by atoms with Crippen molar-refractivity contribution in [1.29, 1.82) is 0 Å². The van der Waals surface area contributed by atoms with Crippen molar-refractivity contribution >= 4 is 33.0 Å². The fourth-order valence-corrected chi connectivity index (χ4v) is 3.75. The predicted octanol–water partition coefficient (Wildman–Crippen LogP) is 3.38. The van der Waals surface area contributed by atoms with Gasteiger partial charge in [-0.1, -0.05) is 23.7 Å². The van der Waals surface area contributed by atoms with Gasteiger partial charge >= 0.3 is 0 Å². The summed E-state index contributed by atoms with van der Waals surface area (Å²) in [4.78, 5) is 5.59. The summed E-state index contributed by atoms with van der Waals surface area (Å²) in [6.07, 6.45) is 1.14. The molecule has 0 saturated heterocycles. The molecule has 0 aliphatic carbocycles. The minimum Gasteiger partial charge on any atom is -0.239 e. The van der Waals surface area contributed by atoms with E-state index in [0.29, 0.717) is 5.02 Å². The number of benzene rings is 1. The molecule has 108 valence electrons. The Hall–Kier alpha value is -0.950. The first-order valence-corrected chi connectivity index (χ1v) is 9.05. The Morgan fingerprint density at radius 1 is 1.30 bits per heavy atom. The number of hydrogen-bond donors (Lipinski definition) is 1. The van der Waals surface area contributed by atoms with E-state index in [4.69, 9.17) is 11.6 Å². The number of aryl methyl sites for hydroxylation is 1. The van der Waals surface area contributed by atoms with Crippen LogP contribution in [0.5, 0.6) is 0 Å². The van der Waals surface area contributed by atoms with E-state index in [9.17, 15) is 8.42 Å². The molecule has 0 fully saturated rings. The molecule has 2 rings (SSSR count). The molecule has 0 saturated carbocycles.